The molecule has 6 heteroatoms. The molecule has 110 valence electrons. The van der Waals surface area contributed by atoms with Crippen LogP contribution in [-0.2, 0) is 16.1 Å². The van der Waals surface area contributed by atoms with E-state index in [1.807, 2.05) is 12.1 Å². The van der Waals surface area contributed by atoms with Crippen molar-refractivity contribution in [3.05, 3.63) is 20.8 Å². The van der Waals surface area contributed by atoms with Crippen LogP contribution in [0, 0.1) is 5.41 Å². The summed E-state index contributed by atoms with van der Waals surface area (Å²) in [6.07, 6.45) is 4.18. The van der Waals surface area contributed by atoms with Gasteiger partial charge >= 0.3 is 5.97 Å². The molecule has 4 nitrogen and oxygen atoms in total. The molecule has 0 spiro atoms. The standard InChI is InChI=1S/C14H18BrNO3S/c15-11-5-4-10(20-11)9-16-12(17)8-14(13(18)19)6-2-1-3-7-14/h4-5H,1-3,6-9H2,(H,16,17)(H,18,19). The highest BCUT2D eigenvalue weighted by atomic mass is 79.9. The molecule has 0 aliphatic heterocycles. The molecule has 0 unspecified atom stereocenters. The van der Waals surface area contributed by atoms with Crippen molar-refractivity contribution in [3.8, 4) is 0 Å². The van der Waals surface area contributed by atoms with E-state index < -0.39 is 11.4 Å². The minimum Gasteiger partial charge on any atom is -0.481 e. The number of carbonyl (C=O) groups excluding carboxylic acids is 1. The van der Waals surface area contributed by atoms with Crippen molar-refractivity contribution in [2.24, 2.45) is 5.41 Å². The fraction of sp³-hybridized carbons (Fsp3) is 0.571. The molecular formula is C14H18BrNO3S. The quantitative estimate of drug-likeness (QED) is 0.844. The third-order valence-electron chi connectivity index (χ3n) is 3.85. The van der Waals surface area contributed by atoms with E-state index in [9.17, 15) is 14.7 Å². The molecule has 0 radical (unpaired) electrons. The van der Waals surface area contributed by atoms with Gasteiger partial charge in [0.1, 0.15) is 0 Å². The molecule has 1 amide bonds. The van der Waals surface area contributed by atoms with E-state index in [0.29, 0.717) is 19.4 Å². The molecule has 0 atom stereocenters. The minimum atomic E-state index is -0.849. The number of carbonyl (C=O) groups is 2. The smallest absolute Gasteiger partial charge is 0.310 e. The first-order valence-electron chi connectivity index (χ1n) is 6.76. The Bertz CT molecular complexity index is 494. The van der Waals surface area contributed by atoms with E-state index in [1.54, 1.807) is 11.3 Å². The fourth-order valence-corrected chi connectivity index (χ4v) is 4.12. The van der Waals surface area contributed by atoms with Gasteiger partial charge in [0.2, 0.25) is 5.91 Å². The summed E-state index contributed by atoms with van der Waals surface area (Å²) in [6.45, 7) is 0.463. The summed E-state index contributed by atoms with van der Waals surface area (Å²) in [5.41, 5.74) is -0.849. The number of carboxylic acids is 1. The number of rotatable bonds is 5. The van der Waals surface area contributed by atoms with E-state index >= 15 is 0 Å². The van der Waals surface area contributed by atoms with Gasteiger partial charge in [-0.25, -0.2) is 0 Å². The summed E-state index contributed by atoms with van der Waals surface area (Å²) < 4.78 is 1.02. The average Bonchev–Trinajstić information content (AvgIpc) is 2.83. The molecule has 2 rings (SSSR count). The maximum atomic E-state index is 12.0. The minimum absolute atomic E-state index is 0.0921. The van der Waals surface area contributed by atoms with Gasteiger partial charge in [-0.3, -0.25) is 9.59 Å². The van der Waals surface area contributed by atoms with Crippen molar-refractivity contribution in [2.75, 3.05) is 0 Å². The summed E-state index contributed by atoms with van der Waals surface area (Å²) >= 11 is 4.94. The lowest BCUT2D eigenvalue weighted by molar-refractivity contribution is -0.154. The van der Waals surface area contributed by atoms with Crippen LogP contribution in [0.25, 0.3) is 0 Å². The number of halogens is 1. The molecular weight excluding hydrogens is 342 g/mol. The topological polar surface area (TPSA) is 66.4 Å². The van der Waals surface area contributed by atoms with Crippen LogP contribution in [0.4, 0.5) is 0 Å². The molecule has 2 N–H and O–H groups in total. The summed E-state index contributed by atoms with van der Waals surface area (Å²) in [5.74, 6) is -0.995. The van der Waals surface area contributed by atoms with Gasteiger partial charge in [0.05, 0.1) is 15.7 Å². The zero-order valence-electron chi connectivity index (χ0n) is 11.2. The van der Waals surface area contributed by atoms with Gasteiger partial charge in [0.25, 0.3) is 0 Å². The van der Waals surface area contributed by atoms with Gasteiger partial charge in [0.15, 0.2) is 0 Å². The maximum absolute atomic E-state index is 12.0. The molecule has 1 heterocycles. The number of hydrogen-bond acceptors (Lipinski definition) is 3. The second kappa shape index (κ2) is 6.72. The van der Waals surface area contributed by atoms with E-state index in [-0.39, 0.29) is 12.3 Å². The zero-order valence-corrected chi connectivity index (χ0v) is 13.6. The first-order valence-corrected chi connectivity index (χ1v) is 8.37. The molecule has 0 saturated heterocycles. The van der Waals surface area contributed by atoms with Crippen molar-refractivity contribution < 1.29 is 14.7 Å². The lowest BCUT2D eigenvalue weighted by Crippen LogP contribution is -2.38. The Labute approximate surface area is 130 Å². The Kier molecular flexibility index (Phi) is 5.21. The second-order valence-electron chi connectivity index (χ2n) is 5.31. The molecule has 0 bridgehead atoms. The zero-order chi connectivity index (χ0) is 14.6. The summed E-state index contributed by atoms with van der Waals surface area (Å²) in [6, 6.07) is 3.88. The maximum Gasteiger partial charge on any atom is 0.310 e. The van der Waals surface area contributed by atoms with Crippen LogP contribution in [0.2, 0.25) is 0 Å². The van der Waals surface area contributed by atoms with Gasteiger partial charge in [-0.05, 0) is 40.9 Å². The van der Waals surface area contributed by atoms with Gasteiger partial charge in [-0.1, -0.05) is 19.3 Å². The van der Waals surface area contributed by atoms with Crippen LogP contribution in [0.1, 0.15) is 43.4 Å². The van der Waals surface area contributed by atoms with E-state index in [4.69, 9.17) is 0 Å². The van der Waals surface area contributed by atoms with Crippen LogP contribution in [0.3, 0.4) is 0 Å². The highest BCUT2D eigenvalue weighted by Crippen LogP contribution is 2.39. The SMILES string of the molecule is O=C(CC1(C(=O)O)CCCCC1)NCc1ccc(Br)s1. The van der Waals surface area contributed by atoms with Crippen LogP contribution in [0.15, 0.2) is 15.9 Å². The molecule has 1 aromatic heterocycles. The van der Waals surface area contributed by atoms with Crippen LogP contribution in [0.5, 0.6) is 0 Å². The van der Waals surface area contributed by atoms with E-state index in [1.165, 1.54) is 0 Å². The monoisotopic (exact) mass is 359 g/mol. The van der Waals surface area contributed by atoms with Gasteiger partial charge in [0, 0.05) is 11.3 Å². The molecule has 1 fully saturated rings. The molecule has 1 saturated carbocycles. The number of thiophene rings is 1. The lowest BCUT2D eigenvalue weighted by Gasteiger charge is -2.32. The normalized spacial score (nSPS) is 17.6. The highest BCUT2D eigenvalue weighted by molar-refractivity contribution is 9.11. The number of hydrogen-bond donors (Lipinski definition) is 2. The van der Waals surface area contributed by atoms with Gasteiger partial charge in [-0.2, -0.15) is 0 Å². The molecule has 1 aliphatic carbocycles. The summed E-state index contributed by atoms with van der Waals surface area (Å²) in [4.78, 5) is 24.6. The second-order valence-corrected chi connectivity index (χ2v) is 7.85. The summed E-state index contributed by atoms with van der Waals surface area (Å²) in [5, 5.41) is 12.3. The molecule has 0 aromatic carbocycles. The van der Waals surface area contributed by atoms with Crippen molar-refractivity contribution in [2.45, 2.75) is 45.1 Å². The average molecular weight is 360 g/mol. The molecule has 20 heavy (non-hydrogen) atoms. The number of carboxylic acid groups (broad SMARTS) is 1. The number of aliphatic carboxylic acids is 1. The summed E-state index contributed by atoms with van der Waals surface area (Å²) in [7, 11) is 0. The largest absolute Gasteiger partial charge is 0.481 e. The predicted molar refractivity (Wildman–Crippen MR) is 81.6 cm³/mol. The Morgan fingerprint density at radius 3 is 2.55 bits per heavy atom. The Morgan fingerprint density at radius 1 is 1.30 bits per heavy atom. The van der Waals surface area contributed by atoms with Crippen LogP contribution >= 0.6 is 27.3 Å². The van der Waals surface area contributed by atoms with E-state index in [2.05, 4.69) is 21.2 Å². The van der Waals surface area contributed by atoms with Crippen LogP contribution in [-0.4, -0.2) is 17.0 Å². The van der Waals surface area contributed by atoms with Crippen molar-refractivity contribution in [1.29, 1.82) is 0 Å². The van der Waals surface area contributed by atoms with Gasteiger partial charge < -0.3 is 10.4 Å². The lowest BCUT2D eigenvalue weighted by atomic mass is 9.71. The van der Waals surface area contributed by atoms with Crippen molar-refractivity contribution in [3.63, 3.8) is 0 Å². The highest BCUT2D eigenvalue weighted by Gasteiger charge is 2.41. The van der Waals surface area contributed by atoms with Crippen molar-refractivity contribution in [1.82, 2.24) is 5.32 Å². The van der Waals surface area contributed by atoms with Crippen LogP contribution < -0.4 is 5.32 Å². The molecule has 1 aromatic rings. The Balaban J connectivity index is 1.90. The first kappa shape index (κ1) is 15.5. The number of amides is 1. The van der Waals surface area contributed by atoms with E-state index in [0.717, 1.165) is 27.9 Å². The first-order chi connectivity index (χ1) is 9.52. The Hall–Kier alpha value is -0.880. The van der Waals surface area contributed by atoms with Crippen molar-refractivity contribution >= 4 is 39.1 Å². The number of nitrogens with one attached hydrogen (secondary N) is 1. The Morgan fingerprint density at radius 2 is 2.00 bits per heavy atom. The third-order valence-corrected chi connectivity index (χ3v) is 5.48. The van der Waals surface area contributed by atoms with Gasteiger partial charge in [-0.15, -0.1) is 11.3 Å². The predicted octanol–water partition coefficient (Wildman–Crippen LogP) is 3.55. The fourth-order valence-electron chi connectivity index (χ4n) is 2.70. The molecule has 1 aliphatic rings. The third kappa shape index (κ3) is 3.82.